The molecule has 8 heteroatoms. The first-order chi connectivity index (χ1) is 12.9. The molecule has 0 spiro atoms. The molecule has 1 unspecified atom stereocenters. The summed E-state index contributed by atoms with van der Waals surface area (Å²) in [6.45, 7) is 1.97. The smallest absolute Gasteiger partial charge is 0.230 e. The van der Waals surface area contributed by atoms with Gasteiger partial charge < -0.3 is 9.88 Å². The van der Waals surface area contributed by atoms with Gasteiger partial charge in [0.1, 0.15) is 0 Å². The zero-order valence-electron chi connectivity index (χ0n) is 14.8. The average Bonchev–Trinajstić information content (AvgIpc) is 3.02. The molecule has 1 aromatic heterocycles. The molecule has 140 valence electrons. The van der Waals surface area contributed by atoms with Crippen molar-refractivity contribution < 1.29 is 4.79 Å². The Morgan fingerprint density at radius 1 is 1.19 bits per heavy atom. The maximum atomic E-state index is 12.3. The third kappa shape index (κ3) is 5.12. The molecule has 1 N–H and O–H groups in total. The second-order valence-corrected chi connectivity index (χ2v) is 8.30. The van der Waals surface area contributed by atoms with Crippen molar-refractivity contribution in [3.8, 4) is 11.4 Å². The molecule has 0 aliphatic heterocycles. The van der Waals surface area contributed by atoms with Gasteiger partial charge in [-0.1, -0.05) is 51.4 Å². The first kappa shape index (κ1) is 19.9. The fraction of sp³-hybridized carbons (Fsp3) is 0.211. The van der Waals surface area contributed by atoms with Crippen molar-refractivity contribution in [3.63, 3.8) is 0 Å². The Balaban J connectivity index is 1.59. The lowest BCUT2D eigenvalue weighted by Gasteiger charge is -2.14. The van der Waals surface area contributed by atoms with Crippen LogP contribution in [0.25, 0.3) is 11.4 Å². The van der Waals surface area contributed by atoms with Crippen LogP contribution in [0.5, 0.6) is 0 Å². The van der Waals surface area contributed by atoms with E-state index in [4.69, 9.17) is 11.6 Å². The highest BCUT2D eigenvalue weighted by molar-refractivity contribution is 9.10. The fourth-order valence-corrected chi connectivity index (χ4v) is 3.65. The molecule has 3 aromatic rings. The van der Waals surface area contributed by atoms with Gasteiger partial charge in [0.15, 0.2) is 11.0 Å². The predicted molar refractivity (Wildman–Crippen MR) is 113 cm³/mol. The highest BCUT2D eigenvalue weighted by atomic mass is 79.9. The van der Waals surface area contributed by atoms with E-state index in [0.29, 0.717) is 10.2 Å². The Hall–Kier alpha value is -1.83. The fourth-order valence-electron chi connectivity index (χ4n) is 2.54. The summed E-state index contributed by atoms with van der Waals surface area (Å²) >= 11 is 10.7. The van der Waals surface area contributed by atoms with E-state index in [9.17, 15) is 4.79 Å². The minimum absolute atomic E-state index is 0.0496. The molecule has 0 radical (unpaired) electrons. The van der Waals surface area contributed by atoms with Crippen molar-refractivity contribution in [1.82, 2.24) is 20.1 Å². The maximum absolute atomic E-state index is 12.3. The Labute approximate surface area is 175 Å². The summed E-state index contributed by atoms with van der Waals surface area (Å²) in [5.41, 5.74) is 1.98. The van der Waals surface area contributed by atoms with Crippen LogP contribution in [0.15, 0.2) is 58.2 Å². The molecule has 1 amide bonds. The highest BCUT2D eigenvalue weighted by Gasteiger charge is 2.14. The average molecular weight is 466 g/mol. The normalized spacial score (nSPS) is 12.0. The summed E-state index contributed by atoms with van der Waals surface area (Å²) in [4.78, 5) is 12.3. The summed E-state index contributed by atoms with van der Waals surface area (Å²) in [6.07, 6.45) is 0. The zero-order chi connectivity index (χ0) is 19.4. The number of rotatable bonds is 6. The Morgan fingerprint density at radius 2 is 1.85 bits per heavy atom. The van der Waals surface area contributed by atoms with Crippen LogP contribution in [-0.2, 0) is 11.8 Å². The van der Waals surface area contributed by atoms with Crippen LogP contribution in [-0.4, -0.2) is 26.4 Å². The van der Waals surface area contributed by atoms with E-state index in [2.05, 4.69) is 31.4 Å². The molecule has 1 atom stereocenters. The number of thioether (sulfide) groups is 1. The minimum Gasteiger partial charge on any atom is -0.349 e. The largest absolute Gasteiger partial charge is 0.349 e. The standard InChI is InChI=1S/C19H18BrClN4OS/c1-12(13-3-7-15(20)8-4-13)22-17(26)11-27-19-24-23-18(25(19)2)14-5-9-16(21)10-6-14/h3-10,12H,11H2,1-2H3,(H,22,26). The van der Waals surface area contributed by atoms with Gasteiger partial charge >= 0.3 is 0 Å². The first-order valence-corrected chi connectivity index (χ1v) is 10.4. The summed E-state index contributed by atoms with van der Waals surface area (Å²) in [5.74, 6) is 0.956. The van der Waals surface area contributed by atoms with E-state index < -0.39 is 0 Å². The second kappa shape index (κ2) is 8.91. The van der Waals surface area contributed by atoms with Gasteiger partial charge in [0.25, 0.3) is 0 Å². The SMILES string of the molecule is CC(NC(=O)CSc1nnc(-c2ccc(Cl)cc2)n1C)c1ccc(Br)cc1. The van der Waals surface area contributed by atoms with E-state index in [0.717, 1.165) is 21.4 Å². The third-order valence-electron chi connectivity index (χ3n) is 4.02. The molecule has 0 aliphatic rings. The molecular formula is C19H18BrClN4OS. The number of carbonyl (C=O) groups excluding carboxylic acids is 1. The molecule has 0 fully saturated rings. The molecule has 0 aliphatic carbocycles. The quantitative estimate of drug-likeness (QED) is 0.528. The highest BCUT2D eigenvalue weighted by Crippen LogP contribution is 2.24. The zero-order valence-corrected chi connectivity index (χ0v) is 18.0. The van der Waals surface area contributed by atoms with Crippen molar-refractivity contribution in [3.05, 3.63) is 63.6 Å². The third-order valence-corrected chi connectivity index (χ3v) is 5.82. The van der Waals surface area contributed by atoms with E-state index >= 15 is 0 Å². The van der Waals surface area contributed by atoms with E-state index in [1.807, 2.05) is 67.1 Å². The number of carbonyl (C=O) groups is 1. The van der Waals surface area contributed by atoms with Gasteiger partial charge in [-0.2, -0.15) is 0 Å². The van der Waals surface area contributed by atoms with Crippen LogP contribution < -0.4 is 5.32 Å². The topological polar surface area (TPSA) is 59.8 Å². The van der Waals surface area contributed by atoms with Gasteiger partial charge in [-0.05, 0) is 48.9 Å². The number of benzene rings is 2. The lowest BCUT2D eigenvalue weighted by Crippen LogP contribution is -2.28. The molecule has 0 saturated heterocycles. The Morgan fingerprint density at radius 3 is 2.52 bits per heavy atom. The summed E-state index contributed by atoms with van der Waals surface area (Å²) in [7, 11) is 1.88. The van der Waals surface area contributed by atoms with Crippen molar-refractivity contribution in [2.24, 2.45) is 7.05 Å². The lowest BCUT2D eigenvalue weighted by atomic mass is 10.1. The number of hydrogen-bond donors (Lipinski definition) is 1. The molecule has 0 bridgehead atoms. The van der Waals surface area contributed by atoms with Crippen LogP contribution in [0, 0.1) is 0 Å². The van der Waals surface area contributed by atoms with E-state index in [1.165, 1.54) is 11.8 Å². The molecule has 27 heavy (non-hydrogen) atoms. The van der Waals surface area contributed by atoms with Crippen molar-refractivity contribution in [1.29, 1.82) is 0 Å². The van der Waals surface area contributed by atoms with Gasteiger partial charge in [0, 0.05) is 22.1 Å². The number of aromatic nitrogens is 3. The molecule has 5 nitrogen and oxygen atoms in total. The van der Waals surface area contributed by atoms with Gasteiger partial charge in [0.05, 0.1) is 11.8 Å². The van der Waals surface area contributed by atoms with E-state index in [-0.39, 0.29) is 17.7 Å². The number of halogens is 2. The molecule has 1 heterocycles. The number of nitrogens with one attached hydrogen (secondary N) is 1. The Kier molecular flexibility index (Phi) is 6.57. The summed E-state index contributed by atoms with van der Waals surface area (Å²) < 4.78 is 2.89. The summed E-state index contributed by atoms with van der Waals surface area (Å²) in [5, 5.41) is 12.8. The van der Waals surface area contributed by atoms with Crippen LogP contribution in [0.3, 0.4) is 0 Å². The Bertz CT molecular complexity index is 928. The number of nitrogens with zero attached hydrogens (tertiary/aromatic N) is 3. The van der Waals surface area contributed by atoms with Crippen molar-refractivity contribution in [2.45, 2.75) is 18.1 Å². The first-order valence-electron chi connectivity index (χ1n) is 8.27. The van der Waals surface area contributed by atoms with E-state index in [1.54, 1.807) is 0 Å². The monoisotopic (exact) mass is 464 g/mol. The van der Waals surface area contributed by atoms with Gasteiger partial charge in [-0.25, -0.2) is 0 Å². The van der Waals surface area contributed by atoms with Gasteiger partial charge in [-0.3, -0.25) is 4.79 Å². The van der Waals surface area contributed by atoms with Crippen LogP contribution >= 0.6 is 39.3 Å². The molecular weight excluding hydrogens is 448 g/mol. The van der Waals surface area contributed by atoms with Crippen LogP contribution in [0.1, 0.15) is 18.5 Å². The van der Waals surface area contributed by atoms with Gasteiger partial charge in [0.2, 0.25) is 5.91 Å². The van der Waals surface area contributed by atoms with Crippen molar-refractivity contribution in [2.75, 3.05) is 5.75 Å². The van der Waals surface area contributed by atoms with Gasteiger partial charge in [-0.15, -0.1) is 10.2 Å². The minimum atomic E-state index is -0.0599. The number of amides is 1. The van der Waals surface area contributed by atoms with Crippen molar-refractivity contribution >= 4 is 45.2 Å². The molecule has 0 saturated carbocycles. The number of hydrogen-bond acceptors (Lipinski definition) is 4. The summed E-state index contributed by atoms with van der Waals surface area (Å²) in [6, 6.07) is 15.3. The van der Waals surface area contributed by atoms with Crippen LogP contribution in [0.4, 0.5) is 0 Å². The second-order valence-electron chi connectivity index (χ2n) is 6.00. The molecule has 2 aromatic carbocycles. The van der Waals surface area contributed by atoms with Crippen LogP contribution in [0.2, 0.25) is 5.02 Å². The predicted octanol–water partition coefficient (Wildman–Crippen LogP) is 4.87. The maximum Gasteiger partial charge on any atom is 0.230 e. The lowest BCUT2D eigenvalue weighted by molar-refractivity contribution is -0.119. The molecule has 3 rings (SSSR count).